The van der Waals surface area contributed by atoms with Crippen LogP contribution in [0, 0.1) is 0 Å². The number of halogens is 4. The van der Waals surface area contributed by atoms with Crippen molar-refractivity contribution in [1.82, 2.24) is 4.90 Å². The standard InChI is InChI=1S/C9H15F4NO/c10-4-1-5-14-6-2-8(15,3-7-14)9(11,12)13/h15H,1-7H2. The lowest BCUT2D eigenvalue weighted by Crippen LogP contribution is -2.53. The first kappa shape index (κ1) is 12.7. The molecule has 0 unspecified atom stereocenters. The van der Waals surface area contributed by atoms with Crippen molar-refractivity contribution < 1.29 is 22.7 Å². The van der Waals surface area contributed by atoms with Crippen LogP contribution in [0.4, 0.5) is 17.6 Å². The molecular weight excluding hydrogens is 214 g/mol. The maximum absolute atomic E-state index is 12.4. The van der Waals surface area contributed by atoms with E-state index in [-0.39, 0.29) is 25.9 Å². The van der Waals surface area contributed by atoms with Crippen molar-refractivity contribution in [2.45, 2.75) is 31.0 Å². The van der Waals surface area contributed by atoms with Crippen molar-refractivity contribution in [2.24, 2.45) is 0 Å². The summed E-state index contributed by atoms with van der Waals surface area (Å²) in [5.41, 5.74) is -2.54. The Morgan fingerprint density at radius 3 is 2.13 bits per heavy atom. The summed E-state index contributed by atoms with van der Waals surface area (Å²) in [7, 11) is 0. The first-order valence-corrected chi connectivity index (χ1v) is 4.96. The van der Waals surface area contributed by atoms with Crippen molar-refractivity contribution in [3.63, 3.8) is 0 Å². The molecule has 1 rings (SSSR count). The zero-order valence-corrected chi connectivity index (χ0v) is 8.36. The molecule has 15 heavy (non-hydrogen) atoms. The lowest BCUT2D eigenvalue weighted by molar-refractivity contribution is -0.272. The van der Waals surface area contributed by atoms with E-state index in [9.17, 15) is 22.7 Å². The molecule has 0 aliphatic carbocycles. The number of likely N-dealkylation sites (tertiary alicyclic amines) is 1. The summed E-state index contributed by atoms with van der Waals surface area (Å²) in [5.74, 6) is 0. The van der Waals surface area contributed by atoms with Crippen LogP contribution in [0.3, 0.4) is 0 Å². The maximum atomic E-state index is 12.4. The highest BCUT2D eigenvalue weighted by molar-refractivity contribution is 4.91. The Hall–Kier alpha value is -0.360. The van der Waals surface area contributed by atoms with E-state index in [1.807, 2.05) is 0 Å². The molecule has 0 spiro atoms. The summed E-state index contributed by atoms with van der Waals surface area (Å²) >= 11 is 0. The van der Waals surface area contributed by atoms with Gasteiger partial charge in [0.25, 0.3) is 0 Å². The molecule has 0 saturated carbocycles. The van der Waals surface area contributed by atoms with Crippen LogP contribution in [-0.4, -0.2) is 48.1 Å². The molecule has 1 N–H and O–H groups in total. The summed E-state index contributed by atoms with van der Waals surface area (Å²) in [4.78, 5) is 1.75. The van der Waals surface area contributed by atoms with Crippen LogP contribution in [-0.2, 0) is 0 Å². The van der Waals surface area contributed by atoms with Gasteiger partial charge in [-0.2, -0.15) is 13.2 Å². The third-order valence-corrected chi connectivity index (χ3v) is 2.82. The molecule has 1 aliphatic rings. The quantitative estimate of drug-likeness (QED) is 0.745. The van der Waals surface area contributed by atoms with Crippen molar-refractivity contribution in [3.05, 3.63) is 0 Å². The zero-order chi connectivity index (χ0) is 11.5. The Morgan fingerprint density at radius 1 is 1.20 bits per heavy atom. The summed E-state index contributed by atoms with van der Waals surface area (Å²) in [6, 6.07) is 0. The van der Waals surface area contributed by atoms with E-state index in [0.29, 0.717) is 13.0 Å². The number of aliphatic hydroxyl groups is 1. The maximum Gasteiger partial charge on any atom is 0.417 e. The molecule has 0 aromatic carbocycles. The van der Waals surface area contributed by atoms with E-state index in [2.05, 4.69) is 0 Å². The van der Waals surface area contributed by atoms with Crippen LogP contribution in [0.15, 0.2) is 0 Å². The molecule has 0 radical (unpaired) electrons. The fraction of sp³-hybridized carbons (Fsp3) is 1.00. The van der Waals surface area contributed by atoms with E-state index in [1.165, 1.54) is 0 Å². The number of hydrogen-bond donors (Lipinski definition) is 1. The van der Waals surface area contributed by atoms with E-state index >= 15 is 0 Å². The van der Waals surface area contributed by atoms with Gasteiger partial charge in [-0.05, 0) is 19.3 Å². The average Bonchev–Trinajstić information content (AvgIpc) is 2.15. The number of hydrogen-bond acceptors (Lipinski definition) is 2. The van der Waals surface area contributed by atoms with Gasteiger partial charge in [-0.1, -0.05) is 0 Å². The molecule has 90 valence electrons. The lowest BCUT2D eigenvalue weighted by atomic mass is 9.91. The molecule has 0 aromatic heterocycles. The molecule has 0 atom stereocenters. The van der Waals surface area contributed by atoms with Gasteiger partial charge in [-0.3, -0.25) is 4.39 Å². The van der Waals surface area contributed by atoms with Crippen LogP contribution in [0.2, 0.25) is 0 Å². The molecule has 0 bridgehead atoms. The molecule has 6 heteroatoms. The summed E-state index contributed by atoms with van der Waals surface area (Å²) in [6.07, 6.45) is -4.85. The number of rotatable bonds is 3. The molecule has 1 heterocycles. The Bertz CT molecular complexity index is 199. The van der Waals surface area contributed by atoms with E-state index in [4.69, 9.17) is 0 Å². The third kappa shape index (κ3) is 3.04. The van der Waals surface area contributed by atoms with E-state index in [1.54, 1.807) is 4.90 Å². The molecule has 1 fully saturated rings. The lowest BCUT2D eigenvalue weighted by Gasteiger charge is -2.39. The van der Waals surface area contributed by atoms with E-state index < -0.39 is 18.5 Å². The highest BCUT2D eigenvalue weighted by Crippen LogP contribution is 2.38. The van der Waals surface area contributed by atoms with Crippen LogP contribution in [0.5, 0.6) is 0 Å². The van der Waals surface area contributed by atoms with Gasteiger partial charge in [0.2, 0.25) is 0 Å². The highest BCUT2D eigenvalue weighted by Gasteiger charge is 2.54. The number of nitrogens with zero attached hydrogens (tertiary/aromatic N) is 1. The van der Waals surface area contributed by atoms with Gasteiger partial charge in [0, 0.05) is 19.6 Å². The van der Waals surface area contributed by atoms with Gasteiger partial charge in [-0.15, -0.1) is 0 Å². The van der Waals surface area contributed by atoms with Crippen molar-refractivity contribution in [3.8, 4) is 0 Å². The minimum Gasteiger partial charge on any atom is -0.380 e. The summed E-state index contributed by atoms with van der Waals surface area (Å²) in [6.45, 7) is 0.358. The van der Waals surface area contributed by atoms with E-state index in [0.717, 1.165) is 0 Å². The largest absolute Gasteiger partial charge is 0.417 e. The minimum atomic E-state index is -4.56. The van der Waals surface area contributed by atoms with Gasteiger partial charge in [0.1, 0.15) is 0 Å². The van der Waals surface area contributed by atoms with Crippen LogP contribution in [0.25, 0.3) is 0 Å². The minimum absolute atomic E-state index is 0.177. The predicted octanol–water partition coefficient (Wildman–Crippen LogP) is 1.74. The predicted molar refractivity (Wildman–Crippen MR) is 47.3 cm³/mol. The molecule has 1 saturated heterocycles. The monoisotopic (exact) mass is 229 g/mol. The zero-order valence-electron chi connectivity index (χ0n) is 8.36. The molecule has 1 aliphatic heterocycles. The van der Waals surface area contributed by atoms with Gasteiger partial charge >= 0.3 is 6.18 Å². The van der Waals surface area contributed by atoms with Crippen LogP contribution < -0.4 is 0 Å². The Balaban J connectivity index is 2.41. The van der Waals surface area contributed by atoms with Crippen LogP contribution >= 0.6 is 0 Å². The first-order valence-electron chi connectivity index (χ1n) is 4.96. The summed E-state index contributed by atoms with van der Waals surface area (Å²) in [5, 5.41) is 9.33. The third-order valence-electron chi connectivity index (χ3n) is 2.82. The second kappa shape index (κ2) is 4.65. The molecule has 0 aromatic rings. The second-order valence-electron chi connectivity index (χ2n) is 3.91. The fourth-order valence-electron chi connectivity index (χ4n) is 1.71. The Kier molecular flexibility index (Phi) is 3.94. The topological polar surface area (TPSA) is 23.5 Å². The number of alkyl halides is 4. The molecular formula is C9H15F4NO. The SMILES string of the molecule is OC1(C(F)(F)F)CCN(CCCF)CC1. The summed E-state index contributed by atoms with van der Waals surface area (Å²) < 4.78 is 49.0. The smallest absolute Gasteiger partial charge is 0.380 e. The Morgan fingerprint density at radius 2 is 1.73 bits per heavy atom. The Labute approximate surface area is 85.9 Å². The average molecular weight is 229 g/mol. The van der Waals surface area contributed by atoms with Gasteiger partial charge in [0.15, 0.2) is 5.60 Å². The van der Waals surface area contributed by atoms with Crippen molar-refractivity contribution >= 4 is 0 Å². The van der Waals surface area contributed by atoms with Gasteiger partial charge < -0.3 is 10.0 Å². The fourth-order valence-corrected chi connectivity index (χ4v) is 1.71. The van der Waals surface area contributed by atoms with Gasteiger partial charge in [-0.25, -0.2) is 0 Å². The highest BCUT2D eigenvalue weighted by atomic mass is 19.4. The molecule has 0 amide bonds. The first-order chi connectivity index (χ1) is 6.89. The normalized spacial score (nSPS) is 23.0. The van der Waals surface area contributed by atoms with Crippen LogP contribution in [0.1, 0.15) is 19.3 Å². The van der Waals surface area contributed by atoms with Crippen molar-refractivity contribution in [2.75, 3.05) is 26.3 Å². The van der Waals surface area contributed by atoms with Gasteiger partial charge in [0.05, 0.1) is 6.67 Å². The number of piperidine rings is 1. The van der Waals surface area contributed by atoms with Crippen molar-refractivity contribution in [1.29, 1.82) is 0 Å². The molecule has 2 nitrogen and oxygen atoms in total. The second-order valence-corrected chi connectivity index (χ2v) is 3.91.